The zero-order valence-corrected chi connectivity index (χ0v) is 11.1. The van der Waals surface area contributed by atoms with Gasteiger partial charge in [-0.2, -0.15) is 0 Å². The summed E-state index contributed by atoms with van der Waals surface area (Å²) in [6.07, 6.45) is 4.27. The Labute approximate surface area is 108 Å². The number of ether oxygens (including phenoxy) is 1. The second-order valence-corrected chi connectivity index (χ2v) is 4.27. The van der Waals surface area contributed by atoms with Gasteiger partial charge in [-0.25, -0.2) is 4.79 Å². The van der Waals surface area contributed by atoms with Crippen LogP contribution in [0.1, 0.15) is 33.1 Å². The number of rotatable bonds is 10. The Kier molecular flexibility index (Phi) is 8.92. The van der Waals surface area contributed by atoms with Crippen molar-refractivity contribution in [2.45, 2.75) is 39.2 Å². The third kappa shape index (κ3) is 7.06. The number of carboxylic acids is 1. The molecule has 2 unspecified atom stereocenters. The lowest BCUT2D eigenvalue weighted by Gasteiger charge is -2.17. The molecule has 2 atom stereocenters. The Hall–Kier alpha value is -1.36. The molecular formula is C13H23NO4. The third-order valence-electron chi connectivity index (χ3n) is 2.57. The first kappa shape index (κ1) is 16.6. The van der Waals surface area contributed by atoms with Gasteiger partial charge in [0.25, 0.3) is 0 Å². The summed E-state index contributed by atoms with van der Waals surface area (Å²) in [5, 5.41) is 11.4. The molecule has 0 bridgehead atoms. The third-order valence-corrected chi connectivity index (χ3v) is 2.57. The highest BCUT2D eigenvalue weighted by Crippen LogP contribution is 2.07. The number of carbonyl (C=O) groups excluding carboxylic acids is 1. The van der Waals surface area contributed by atoms with Crippen LogP contribution in [0, 0.1) is 5.92 Å². The van der Waals surface area contributed by atoms with E-state index in [1.165, 1.54) is 6.08 Å². The number of amides is 1. The molecule has 5 nitrogen and oxygen atoms in total. The number of aliphatic carboxylic acids is 1. The van der Waals surface area contributed by atoms with Crippen LogP contribution in [0.5, 0.6) is 0 Å². The quantitative estimate of drug-likeness (QED) is 0.460. The van der Waals surface area contributed by atoms with Crippen molar-refractivity contribution in [2.24, 2.45) is 5.92 Å². The van der Waals surface area contributed by atoms with Crippen LogP contribution >= 0.6 is 0 Å². The first-order chi connectivity index (χ1) is 8.52. The standard InChI is InChI=1S/C13H23NO4/c1-4-6-7-10(3)12(15)14-11(13(16)17)9-18-8-5-2/h5,10-11H,2,4,6-9H2,1,3H3,(H,14,15)(H,16,17). The van der Waals surface area contributed by atoms with Crippen molar-refractivity contribution in [2.75, 3.05) is 13.2 Å². The number of hydrogen-bond acceptors (Lipinski definition) is 3. The van der Waals surface area contributed by atoms with E-state index in [1.807, 2.05) is 6.92 Å². The van der Waals surface area contributed by atoms with Gasteiger partial charge in [-0.05, 0) is 6.42 Å². The molecule has 0 aromatic rings. The van der Waals surface area contributed by atoms with E-state index < -0.39 is 12.0 Å². The van der Waals surface area contributed by atoms with Crippen LogP contribution in [-0.2, 0) is 14.3 Å². The van der Waals surface area contributed by atoms with Gasteiger partial charge in [0, 0.05) is 5.92 Å². The van der Waals surface area contributed by atoms with Crippen LogP contribution in [0.15, 0.2) is 12.7 Å². The number of carbonyl (C=O) groups is 2. The molecule has 0 fully saturated rings. The summed E-state index contributed by atoms with van der Waals surface area (Å²) in [4.78, 5) is 22.7. The van der Waals surface area contributed by atoms with Crippen LogP contribution in [0.4, 0.5) is 0 Å². The van der Waals surface area contributed by atoms with E-state index in [2.05, 4.69) is 11.9 Å². The molecule has 1 amide bonds. The molecular weight excluding hydrogens is 234 g/mol. The molecule has 5 heteroatoms. The van der Waals surface area contributed by atoms with Gasteiger partial charge in [-0.3, -0.25) is 4.79 Å². The summed E-state index contributed by atoms with van der Waals surface area (Å²) in [5.74, 6) is -1.50. The van der Waals surface area contributed by atoms with Gasteiger partial charge in [0.05, 0.1) is 13.2 Å². The number of unbranched alkanes of at least 4 members (excludes halogenated alkanes) is 1. The van der Waals surface area contributed by atoms with Gasteiger partial charge >= 0.3 is 5.97 Å². The van der Waals surface area contributed by atoms with E-state index >= 15 is 0 Å². The van der Waals surface area contributed by atoms with E-state index in [1.54, 1.807) is 6.92 Å². The average Bonchev–Trinajstić information content (AvgIpc) is 2.34. The van der Waals surface area contributed by atoms with E-state index in [9.17, 15) is 9.59 Å². The van der Waals surface area contributed by atoms with Gasteiger partial charge in [-0.1, -0.05) is 32.8 Å². The molecule has 0 saturated heterocycles. The Morgan fingerprint density at radius 3 is 2.67 bits per heavy atom. The summed E-state index contributed by atoms with van der Waals surface area (Å²) in [5.41, 5.74) is 0. The monoisotopic (exact) mass is 257 g/mol. The molecule has 18 heavy (non-hydrogen) atoms. The lowest BCUT2D eigenvalue weighted by atomic mass is 10.0. The smallest absolute Gasteiger partial charge is 0.328 e. The molecule has 0 heterocycles. The molecule has 104 valence electrons. The Bertz CT molecular complexity index is 278. The molecule has 0 aliphatic heterocycles. The molecule has 0 aliphatic rings. The molecule has 0 aliphatic carbocycles. The Balaban J connectivity index is 4.17. The first-order valence-electron chi connectivity index (χ1n) is 6.24. The Morgan fingerprint density at radius 1 is 1.50 bits per heavy atom. The molecule has 0 aromatic heterocycles. The number of carboxylic acid groups (broad SMARTS) is 1. The molecule has 0 spiro atoms. The van der Waals surface area contributed by atoms with Crippen molar-refractivity contribution in [1.82, 2.24) is 5.32 Å². The van der Waals surface area contributed by atoms with E-state index in [4.69, 9.17) is 9.84 Å². The second-order valence-electron chi connectivity index (χ2n) is 4.27. The summed E-state index contributed by atoms with van der Waals surface area (Å²) >= 11 is 0. The minimum absolute atomic E-state index is 0.0480. The average molecular weight is 257 g/mol. The summed E-state index contributed by atoms with van der Waals surface area (Å²) in [6, 6.07) is -0.999. The zero-order chi connectivity index (χ0) is 14.0. The summed E-state index contributed by atoms with van der Waals surface area (Å²) in [6.45, 7) is 7.54. The lowest BCUT2D eigenvalue weighted by molar-refractivity contribution is -0.144. The van der Waals surface area contributed by atoms with E-state index in [0.717, 1.165) is 19.3 Å². The van der Waals surface area contributed by atoms with Crippen molar-refractivity contribution < 1.29 is 19.4 Å². The van der Waals surface area contributed by atoms with Crippen molar-refractivity contribution in [3.05, 3.63) is 12.7 Å². The highest BCUT2D eigenvalue weighted by Gasteiger charge is 2.22. The molecule has 0 radical (unpaired) electrons. The number of hydrogen-bond donors (Lipinski definition) is 2. The molecule has 0 rings (SSSR count). The van der Waals surface area contributed by atoms with Crippen LogP contribution in [0.25, 0.3) is 0 Å². The van der Waals surface area contributed by atoms with Gasteiger partial charge in [0.2, 0.25) is 5.91 Å². The van der Waals surface area contributed by atoms with E-state index in [0.29, 0.717) is 0 Å². The van der Waals surface area contributed by atoms with Crippen LogP contribution < -0.4 is 5.32 Å². The normalized spacial score (nSPS) is 13.7. The van der Waals surface area contributed by atoms with E-state index in [-0.39, 0.29) is 25.0 Å². The highest BCUT2D eigenvalue weighted by atomic mass is 16.5. The van der Waals surface area contributed by atoms with Crippen molar-refractivity contribution in [1.29, 1.82) is 0 Å². The maximum atomic E-state index is 11.7. The van der Waals surface area contributed by atoms with Gasteiger partial charge in [0.15, 0.2) is 6.04 Å². The fourth-order valence-corrected chi connectivity index (χ4v) is 1.40. The Morgan fingerprint density at radius 2 is 2.17 bits per heavy atom. The maximum absolute atomic E-state index is 11.7. The predicted octanol–water partition coefficient (Wildman–Crippen LogP) is 1.58. The van der Waals surface area contributed by atoms with Gasteiger partial charge in [0.1, 0.15) is 0 Å². The lowest BCUT2D eigenvalue weighted by Crippen LogP contribution is -2.46. The van der Waals surface area contributed by atoms with Gasteiger partial charge in [-0.15, -0.1) is 6.58 Å². The maximum Gasteiger partial charge on any atom is 0.328 e. The molecule has 2 N–H and O–H groups in total. The zero-order valence-electron chi connectivity index (χ0n) is 11.1. The van der Waals surface area contributed by atoms with Crippen LogP contribution in [-0.4, -0.2) is 36.2 Å². The first-order valence-corrected chi connectivity index (χ1v) is 6.24. The topological polar surface area (TPSA) is 75.6 Å². The fourth-order valence-electron chi connectivity index (χ4n) is 1.40. The highest BCUT2D eigenvalue weighted by molar-refractivity contribution is 5.84. The largest absolute Gasteiger partial charge is 0.480 e. The summed E-state index contributed by atoms with van der Waals surface area (Å²) in [7, 11) is 0. The van der Waals surface area contributed by atoms with Gasteiger partial charge < -0.3 is 15.2 Å². The molecule has 0 aromatic carbocycles. The predicted molar refractivity (Wildman–Crippen MR) is 69.3 cm³/mol. The number of nitrogens with one attached hydrogen (secondary N) is 1. The van der Waals surface area contributed by atoms with Crippen molar-refractivity contribution in [3.63, 3.8) is 0 Å². The van der Waals surface area contributed by atoms with Crippen LogP contribution in [0.3, 0.4) is 0 Å². The molecule has 0 saturated carbocycles. The summed E-state index contributed by atoms with van der Waals surface area (Å²) < 4.78 is 5.05. The fraction of sp³-hybridized carbons (Fsp3) is 0.692. The van der Waals surface area contributed by atoms with Crippen LogP contribution in [0.2, 0.25) is 0 Å². The SMILES string of the molecule is C=CCOCC(NC(=O)C(C)CCCC)C(=O)O. The second kappa shape index (κ2) is 9.65. The van der Waals surface area contributed by atoms with Crippen molar-refractivity contribution in [3.8, 4) is 0 Å². The van der Waals surface area contributed by atoms with Crippen molar-refractivity contribution >= 4 is 11.9 Å². The minimum atomic E-state index is -1.09. The minimum Gasteiger partial charge on any atom is -0.480 e.